The fourth-order valence-corrected chi connectivity index (χ4v) is 2.49. The average Bonchev–Trinajstić information content (AvgIpc) is 2.36. The molecule has 1 aliphatic heterocycles. The van der Waals surface area contributed by atoms with Crippen molar-refractivity contribution in [2.24, 2.45) is 0 Å². The zero-order valence-corrected chi connectivity index (χ0v) is 11.1. The lowest BCUT2D eigenvalue weighted by molar-refractivity contribution is -0.123. The number of carbonyl (C=O) groups is 1. The number of amides is 1. The maximum Gasteiger partial charge on any atom is 0.242 e. The maximum atomic E-state index is 11.9. The highest BCUT2D eigenvalue weighted by atomic mass is 35.5. The number of carbonyl (C=O) groups excluding carboxylic acids is 1. The highest BCUT2D eigenvalue weighted by molar-refractivity contribution is 6.31. The van der Waals surface area contributed by atoms with Crippen LogP contribution in [0.25, 0.3) is 0 Å². The number of aliphatic hydroxyl groups is 1. The predicted molar refractivity (Wildman–Crippen MR) is 72.0 cm³/mol. The number of piperazine rings is 1. The van der Waals surface area contributed by atoms with Crippen LogP contribution in [-0.4, -0.2) is 36.8 Å². The average molecular weight is 269 g/mol. The molecule has 2 N–H and O–H groups in total. The molecule has 18 heavy (non-hydrogen) atoms. The van der Waals surface area contributed by atoms with E-state index >= 15 is 0 Å². The van der Waals surface area contributed by atoms with E-state index in [2.05, 4.69) is 5.32 Å². The van der Waals surface area contributed by atoms with E-state index in [-0.39, 0.29) is 18.6 Å². The molecule has 1 unspecified atom stereocenters. The molecular formula is C13H17ClN2O2. The predicted octanol–water partition coefficient (Wildman–Crippen LogP) is 1.34. The van der Waals surface area contributed by atoms with Gasteiger partial charge in [0.15, 0.2) is 0 Å². The van der Waals surface area contributed by atoms with Crippen LogP contribution in [0, 0.1) is 6.92 Å². The second-order valence-electron chi connectivity index (χ2n) is 4.40. The molecule has 1 fully saturated rings. The van der Waals surface area contributed by atoms with Crippen molar-refractivity contribution in [1.82, 2.24) is 5.32 Å². The second-order valence-corrected chi connectivity index (χ2v) is 4.80. The Kier molecular flexibility index (Phi) is 4.09. The number of benzene rings is 1. The second kappa shape index (κ2) is 5.59. The van der Waals surface area contributed by atoms with Crippen molar-refractivity contribution in [3.63, 3.8) is 0 Å². The van der Waals surface area contributed by atoms with Crippen LogP contribution < -0.4 is 10.2 Å². The molecule has 1 aliphatic rings. The third kappa shape index (κ3) is 2.44. The molecule has 1 heterocycles. The molecule has 5 heteroatoms. The number of hydrogen-bond donors (Lipinski definition) is 2. The minimum Gasteiger partial charge on any atom is -0.396 e. The van der Waals surface area contributed by atoms with E-state index in [1.165, 1.54) is 0 Å². The largest absolute Gasteiger partial charge is 0.396 e. The van der Waals surface area contributed by atoms with E-state index in [9.17, 15) is 4.79 Å². The molecule has 1 aromatic rings. The normalized spacial score (nSPS) is 19.8. The molecule has 0 radical (unpaired) electrons. The first-order valence-electron chi connectivity index (χ1n) is 6.05. The number of halogens is 1. The van der Waals surface area contributed by atoms with Crippen LogP contribution in [0.5, 0.6) is 0 Å². The molecule has 0 aromatic heterocycles. The monoisotopic (exact) mass is 268 g/mol. The molecule has 1 saturated heterocycles. The van der Waals surface area contributed by atoms with Crippen LogP contribution in [0.1, 0.15) is 12.0 Å². The summed E-state index contributed by atoms with van der Waals surface area (Å²) in [6, 6.07) is 5.36. The molecule has 1 aromatic carbocycles. The maximum absolute atomic E-state index is 11.9. The minimum absolute atomic E-state index is 0.00575. The lowest BCUT2D eigenvalue weighted by Gasteiger charge is -2.37. The van der Waals surface area contributed by atoms with Gasteiger partial charge in [0.25, 0.3) is 0 Å². The molecule has 2 rings (SSSR count). The standard InChI is InChI=1S/C13H17ClN2O2/c1-9-10(14)3-2-4-11(9)16-7-6-15-13(18)12(16)5-8-17/h2-4,12,17H,5-8H2,1H3,(H,15,18). The SMILES string of the molecule is Cc1c(Cl)cccc1N1CCNC(=O)C1CCO. The summed E-state index contributed by atoms with van der Waals surface area (Å²) in [5, 5.41) is 12.6. The molecule has 4 nitrogen and oxygen atoms in total. The summed E-state index contributed by atoms with van der Waals surface area (Å²) in [5.74, 6) is -0.0327. The summed E-state index contributed by atoms with van der Waals surface area (Å²) in [6.45, 7) is 3.29. The van der Waals surface area contributed by atoms with Gasteiger partial charge in [0.2, 0.25) is 5.91 Å². The van der Waals surface area contributed by atoms with Gasteiger partial charge in [-0.25, -0.2) is 0 Å². The number of nitrogens with zero attached hydrogens (tertiary/aromatic N) is 1. The van der Waals surface area contributed by atoms with Gasteiger partial charge in [0.05, 0.1) is 0 Å². The van der Waals surface area contributed by atoms with Crippen molar-refractivity contribution in [3.05, 3.63) is 28.8 Å². The smallest absolute Gasteiger partial charge is 0.242 e. The number of rotatable bonds is 3. The van der Waals surface area contributed by atoms with E-state index in [0.717, 1.165) is 17.8 Å². The van der Waals surface area contributed by atoms with E-state index in [4.69, 9.17) is 16.7 Å². The summed E-state index contributed by atoms with van der Waals surface area (Å²) >= 11 is 6.12. The quantitative estimate of drug-likeness (QED) is 0.870. The topological polar surface area (TPSA) is 52.6 Å². The Balaban J connectivity index is 2.34. The third-order valence-electron chi connectivity index (χ3n) is 3.28. The minimum atomic E-state index is -0.319. The van der Waals surface area contributed by atoms with Gasteiger partial charge in [-0.2, -0.15) is 0 Å². The Morgan fingerprint density at radius 1 is 1.56 bits per heavy atom. The van der Waals surface area contributed by atoms with E-state index < -0.39 is 0 Å². The summed E-state index contributed by atoms with van der Waals surface area (Å²) in [7, 11) is 0. The van der Waals surface area contributed by atoms with E-state index in [1.54, 1.807) is 0 Å². The molecule has 0 bridgehead atoms. The van der Waals surface area contributed by atoms with Crippen molar-refractivity contribution in [2.45, 2.75) is 19.4 Å². The first kappa shape index (κ1) is 13.2. The number of nitrogens with one attached hydrogen (secondary N) is 1. The van der Waals surface area contributed by atoms with Crippen molar-refractivity contribution >= 4 is 23.2 Å². The van der Waals surface area contributed by atoms with Crippen molar-refractivity contribution in [2.75, 3.05) is 24.6 Å². The fraction of sp³-hybridized carbons (Fsp3) is 0.462. The lowest BCUT2D eigenvalue weighted by Crippen LogP contribution is -2.56. The Bertz CT molecular complexity index is 451. The Morgan fingerprint density at radius 2 is 2.33 bits per heavy atom. The van der Waals surface area contributed by atoms with Crippen LogP contribution in [0.2, 0.25) is 5.02 Å². The number of hydrogen-bond acceptors (Lipinski definition) is 3. The Hall–Kier alpha value is -1.26. The van der Waals surface area contributed by atoms with Gasteiger partial charge in [-0.15, -0.1) is 0 Å². The summed E-state index contributed by atoms with van der Waals surface area (Å²) in [5.41, 5.74) is 1.94. The lowest BCUT2D eigenvalue weighted by atomic mass is 10.1. The summed E-state index contributed by atoms with van der Waals surface area (Å²) in [4.78, 5) is 13.9. The third-order valence-corrected chi connectivity index (χ3v) is 3.69. The first-order valence-corrected chi connectivity index (χ1v) is 6.43. The Labute approximate surface area is 112 Å². The van der Waals surface area contributed by atoms with E-state index in [0.29, 0.717) is 18.0 Å². The van der Waals surface area contributed by atoms with Gasteiger partial charge in [-0.05, 0) is 31.0 Å². The van der Waals surface area contributed by atoms with Gasteiger partial charge < -0.3 is 15.3 Å². The van der Waals surface area contributed by atoms with Crippen LogP contribution in [0.15, 0.2) is 18.2 Å². The molecule has 1 atom stereocenters. The van der Waals surface area contributed by atoms with Crippen LogP contribution in [-0.2, 0) is 4.79 Å². The fourth-order valence-electron chi connectivity index (χ4n) is 2.32. The number of aliphatic hydroxyl groups excluding tert-OH is 1. The molecule has 98 valence electrons. The first-order chi connectivity index (χ1) is 8.65. The van der Waals surface area contributed by atoms with Crippen molar-refractivity contribution in [3.8, 4) is 0 Å². The zero-order chi connectivity index (χ0) is 13.1. The van der Waals surface area contributed by atoms with Crippen LogP contribution in [0.3, 0.4) is 0 Å². The Morgan fingerprint density at radius 3 is 3.06 bits per heavy atom. The van der Waals surface area contributed by atoms with Gasteiger partial charge >= 0.3 is 0 Å². The van der Waals surface area contributed by atoms with Crippen molar-refractivity contribution in [1.29, 1.82) is 0 Å². The highest BCUT2D eigenvalue weighted by Gasteiger charge is 2.30. The van der Waals surface area contributed by atoms with Gasteiger partial charge in [0.1, 0.15) is 6.04 Å². The van der Waals surface area contributed by atoms with Crippen LogP contribution in [0.4, 0.5) is 5.69 Å². The molecule has 0 saturated carbocycles. The molecule has 0 aliphatic carbocycles. The van der Waals surface area contributed by atoms with E-state index in [1.807, 2.05) is 30.0 Å². The van der Waals surface area contributed by atoms with Gasteiger partial charge in [-0.3, -0.25) is 4.79 Å². The molecular weight excluding hydrogens is 252 g/mol. The van der Waals surface area contributed by atoms with Gasteiger partial charge in [-0.1, -0.05) is 17.7 Å². The molecule has 1 amide bonds. The molecule has 0 spiro atoms. The number of anilines is 1. The van der Waals surface area contributed by atoms with Crippen LogP contribution >= 0.6 is 11.6 Å². The summed E-state index contributed by atoms with van der Waals surface area (Å²) < 4.78 is 0. The van der Waals surface area contributed by atoms with Crippen molar-refractivity contribution < 1.29 is 9.90 Å². The zero-order valence-electron chi connectivity index (χ0n) is 10.3. The highest BCUT2D eigenvalue weighted by Crippen LogP contribution is 2.29. The van der Waals surface area contributed by atoms with Gasteiger partial charge in [0, 0.05) is 30.4 Å². The summed E-state index contributed by atoms with van der Waals surface area (Å²) in [6.07, 6.45) is 0.428.